The first kappa shape index (κ1) is 41.4. The lowest BCUT2D eigenvalue weighted by Gasteiger charge is -2.28. The summed E-state index contributed by atoms with van der Waals surface area (Å²) in [5, 5.41) is 0. The van der Waals surface area contributed by atoms with Gasteiger partial charge >= 0.3 is 0 Å². The molecule has 0 aliphatic carbocycles. The third-order valence-electron chi connectivity index (χ3n) is 9.02. The lowest BCUT2D eigenvalue weighted by atomic mass is 10.0. The summed E-state index contributed by atoms with van der Waals surface area (Å²) in [5.74, 6) is 0.680. The molecule has 0 heterocycles. The van der Waals surface area contributed by atoms with E-state index in [0.717, 1.165) is 6.42 Å². The first-order chi connectivity index (χ1) is 20.6. The minimum atomic E-state index is 0.680. The molecule has 0 aromatic rings. The van der Waals surface area contributed by atoms with Crippen molar-refractivity contribution in [2.75, 3.05) is 39.3 Å². The lowest BCUT2D eigenvalue weighted by molar-refractivity contribution is 0.201. The van der Waals surface area contributed by atoms with E-state index in [1.807, 2.05) is 0 Å². The summed E-state index contributed by atoms with van der Waals surface area (Å²) in [6, 6.07) is 0. The molecule has 0 bridgehead atoms. The summed E-state index contributed by atoms with van der Waals surface area (Å²) in [7, 11) is 0. The zero-order valence-electron chi connectivity index (χ0n) is 30.0. The molecule has 0 aromatic heterocycles. The van der Waals surface area contributed by atoms with E-state index in [2.05, 4.69) is 63.1 Å². The normalized spacial score (nSPS) is 12.7. The van der Waals surface area contributed by atoms with Crippen molar-refractivity contribution in [2.24, 2.45) is 5.92 Å². The molecule has 1 atom stereocenters. The average Bonchev–Trinajstić information content (AvgIpc) is 2.97. The topological polar surface area (TPSA) is 6.48 Å². The second kappa shape index (κ2) is 33.3. The molecule has 2 heteroatoms. The second-order valence-electron chi connectivity index (χ2n) is 13.7. The van der Waals surface area contributed by atoms with Crippen molar-refractivity contribution in [3.8, 4) is 0 Å². The molecule has 0 N–H and O–H groups in total. The van der Waals surface area contributed by atoms with Crippen molar-refractivity contribution >= 4 is 0 Å². The molecule has 0 aliphatic rings. The summed E-state index contributed by atoms with van der Waals surface area (Å²) >= 11 is 0. The van der Waals surface area contributed by atoms with E-state index in [1.54, 1.807) is 0 Å². The van der Waals surface area contributed by atoms with Gasteiger partial charge < -0.3 is 9.80 Å². The van der Waals surface area contributed by atoms with Crippen LogP contribution in [-0.4, -0.2) is 49.1 Å². The van der Waals surface area contributed by atoms with Crippen molar-refractivity contribution in [2.45, 2.75) is 189 Å². The molecular formula is C40H80N2. The fourth-order valence-corrected chi connectivity index (χ4v) is 6.46. The minimum absolute atomic E-state index is 0.680. The van der Waals surface area contributed by atoms with Crippen molar-refractivity contribution in [1.82, 2.24) is 9.80 Å². The first-order valence-corrected chi connectivity index (χ1v) is 19.3. The summed E-state index contributed by atoms with van der Waals surface area (Å²) in [6.07, 6.45) is 37.9. The Morgan fingerprint density at radius 2 is 0.833 bits per heavy atom. The van der Waals surface area contributed by atoms with Gasteiger partial charge in [-0.2, -0.15) is 0 Å². The third kappa shape index (κ3) is 29.5. The van der Waals surface area contributed by atoms with Crippen LogP contribution in [0.1, 0.15) is 189 Å². The highest BCUT2D eigenvalue weighted by Gasteiger charge is 2.12. The fourth-order valence-electron chi connectivity index (χ4n) is 6.46. The van der Waals surface area contributed by atoms with Gasteiger partial charge in [0.1, 0.15) is 0 Å². The van der Waals surface area contributed by atoms with Crippen molar-refractivity contribution < 1.29 is 0 Å². The van der Waals surface area contributed by atoms with Gasteiger partial charge in [-0.25, -0.2) is 0 Å². The molecule has 250 valence electrons. The molecule has 1 unspecified atom stereocenters. The maximum absolute atomic E-state index is 4.29. The van der Waals surface area contributed by atoms with Crippen LogP contribution >= 0.6 is 0 Å². The SMILES string of the molecule is C=C(/C=C\C)CC(C)CN(CCCCCCCCC)CCCN(CCCCCCCCC)CCCCCCCCCC. The van der Waals surface area contributed by atoms with Crippen LogP contribution in [0.25, 0.3) is 0 Å². The average molecular weight is 589 g/mol. The Morgan fingerprint density at radius 1 is 0.500 bits per heavy atom. The van der Waals surface area contributed by atoms with Crippen LogP contribution in [0.4, 0.5) is 0 Å². The van der Waals surface area contributed by atoms with Gasteiger partial charge in [0, 0.05) is 6.54 Å². The van der Waals surface area contributed by atoms with Gasteiger partial charge in [0.2, 0.25) is 0 Å². The standard InChI is InChI=1S/C40H80N2/c1-7-11-14-17-20-23-25-28-33-41(32-27-24-21-18-15-12-8-2)35-30-36-42(34-29-26-22-19-16-13-9-3)38-40(6)37-39(5)31-10-4/h10,31,40H,5,7-9,11-30,32-38H2,1-4,6H3/b31-10-. The van der Waals surface area contributed by atoms with E-state index in [0.29, 0.717) is 5.92 Å². The van der Waals surface area contributed by atoms with Crippen LogP contribution in [0.2, 0.25) is 0 Å². The van der Waals surface area contributed by atoms with E-state index >= 15 is 0 Å². The Morgan fingerprint density at radius 3 is 1.24 bits per heavy atom. The zero-order chi connectivity index (χ0) is 30.9. The summed E-state index contributed by atoms with van der Waals surface area (Å²) < 4.78 is 0. The van der Waals surface area contributed by atoms with Crippen molar-refractivity contribution in [1.29, 1.82) is 0 Å². The Kier molecular flexibility index (Phi) is 32.8. The highest BCUT2D eigenvalue weighted by Crippen LogP contribution is 2.16. The first-order valence-electron chi connectivity index (χ1n) is 19.3. The predicted octanol–water partition coefficient (Wildman–Crippen LogP) is 12.8. The van der Waals surface area contributed by atoms with E-state index in [1.165, 1.54) is 193 Å². The molecule has 0 rings (SSSR count). The van der Waals surface area contributed by atoms with Gasteiger partial charge in [-0.1, -0.05) is 174 Å². The van der Waals surface area contributed by atoms with Gasteiger partial charge in [-0.15, -0.1) is 0 Å². The van der Waals surface area contributed by atoms with Gasteiger partial charge in [0.15, 0.2) is 0 Å². The van der Waals surface area contributed by atoms with Gasteiger partial charge in [0.25, 0.3) is 0 Å². The Hall–Kier alpha value is -0.600. The van der Waals surface area contributed by atoms with Crippen LogP contribution < -0.4 is 0 Å². The minimum Gasteiger partial charge on any atom is -0.303 e. The second-order valence-corrected chi connectivity index (χ2v) is 13.7. The quantitative estimate of drug-likeness (QED) is 0.0545. The molecule has 0 radical (unpaired) electrons. The van der Waals surface area contributed by atoms with E-state index < -0.39 is 0 Å². The molecule has 0 saturated heterocycles. The molecule has 0 aromatic carbocycles. The highest BCUT2D eigenvalue weighted by atomic mass is 15.1. The molecule has 0 aliphatic heterocycles. The largest absolute Gasteiger partial charge is 0.303 e. The Labute approximate surface area is 267 Å². The van der Waals surface area contributed by atoms with E-state index in [-0.39, 0.29) is 0 Å². The molecule has 2 nitrogen and oxygen atoms in total. The highest BCUT2D eigenvalue weighted by molar-refractivity contribution is 5.13. The van der Waals surface area contributed by atoms with Crippen LogP contribution in [-0.2, 0) is 0 Å². The molecule has 0 saturated carbocycles. The molecule has 0 amide bonds. The Bertz CT molecular complexity index is 568. The Balaban J connectivity index is 4.71. The number of rotatable bonds is 34. The molecular weight excluding hydrogens is 508 g/mol. The molecule has 0 spiro atoms. The smallest absolute Gasteiger partial charge is 0.00102 e. The van der Waals surface area contributed by atoms with Crippen LogP contribution in [0, 0.1) is 5.92 Å². The van der Waals surface area contributed by atoms with Gasteiger partial charge in [-0.3, -0.25) is 0 Å². The van der Waals surface area contributed by atoms with Gasteiger partial charge in [-0.05, 0) is 77.7 Å². The van der Waals surface area contributed by atoms with E-state index in [4.69, 9.17) is 0 Å². The van der Waals surface area contributed by atoms with E-state index in [9.17, 15) is 0 Å². The maximum Gasteiger partial charge on any atom is 0.00102 e. The van der Waals surface area contributed by atoms with Crippen LogP contribution in [0.15, 0.2) is 24.3 Å². The number of unbranched alkanes of at least 4 members (excludes halogenated alkanes) is 19. The number of hydrogen-bond acceptors (Lipinski definition) is 2. The number of allylic oxidation sites excluding steroid dienone is 3. The molecule has 0 fully saturated rings. The van der Waals surface area contributed by atoms with Crippen LogP contribution in [0.3, 0.4) is 0 Å². The monoisotopic (exact) mass is 589 g/mol. The lowest BCUT2D eigenvalue weighted by Crippen LogP contribution is -2.34. The summed E-state index contributed by atoms with van der Waals surface area (Å²) in [4.78, 5) is 5.65. The zero-order valence-corrected chi connectivity index (χ0v) is 30.0. The van der Waals surface area contributed by atoms with Crippen molar-refractivity contribution in [3.05, 3.63) is 24.3 Å². The summed E-state index contributed by atoms with van der Waals surface area (Å²) in [5.41, 5.74) is 1.28. The van der Waals surface area contributed by atoms with Gasteiger partial charge in [0.05, 0.1) is 0 Å². The third-order valence-corrected chi connectivity index (χ3v) is 9.02. The van der Waals surface area contributed by atoms with Crippen molar-refractivity contribution in [3.63, 3.8) is 0 Å². The van der Waals surface area contributed by atoms with Crippen LogP contribution in [0.5, 0.6) is 0 Å². The fraction of sp³-hybridized carbons (Fsp3) is 0.900. The summed E-state index contributed by atoms with van der Waals surface area (Å²) in [6.45, 7) is 23.5. The predicted molar refractivity (Wildman–Crippen MR) is 194 cm³/mol. The molecule has 42 heavy (non-hydrogen) atoms. The number of nitrogens with zero attached hydrogens (tertiary/aromatic N) is 2. The maximum atomic E-state index is 4.29. The number of hydrogen-bond donors (Lipinski definition) is 0.